The Kier molecular flexibility index (Phi) is 4.44. The lowest BCUT2D eigenvalue weighted by atomic mass is 10.0. The third-order valence-electron chi connectivity index (χ3n) is 4.36. The molecule has 0 spiro atoms. The number of anilines is 1. The van der Waals surface area contributed by atoms with Crippen molar-refractivity contribution in [2.24, 2.45) is 0 Å². The van der Waals surface area contributed by atoms with Crippen LogP contribution in [0, 0.1) is 13.8 Å². The number of aliphatic hydroxyl groups excluding tert-OH is 1. The minimum atomic E-state index is -0.643. The van der Waals surface area contributed by atoms with Gasteiger partial charge in [-0.1, -0.05) is 18.2 Å². The van der Waals surface area contributed by atoms with Crippen molar-refractivity contribution < 1.29 is 19.7 Å². The monoisotopic (exact) mass is 327 g/mol. The fraction of sp³-hybridized carbons (Fsp3) is 0.316. The number of aromatic hydroxyl groups is 1. The van der Waals surface area contributed by atoms with Crippen molar-refractivity contribution in [3.63, 3.8) is 0 Å². The van der Waals surface area contributed by atoms with E-state index in [-0.39, 0.29) is 24.8 Å². The van der Waals surface area contributed by atoms with E-state index in [0.29, 0.717) is 17.9 Å². The molecule has 3 rings (SSSR count). The molecule has 2 N–H and O–H groups in total. The van der Waals surface area contributed by atoms with E-state index in [1.165, 1.54) is 28.2 Å². The Morgan fingerprint density at radius 3 is 2.62 bits per heavy atom. The van der Waals surface area contributed by atoms with E-state index in [0.717, 1.165) is 5.56 Å². The van der Waals surface area contributed by atoms with Crippen molar-refractivity contribution in [2.45, 2.75) is 26.4 Å². The molecule has 1 heterocycles. The minimum Gasteiger partial charge on any atom is -0.508 e. The number of benzene rings is 2. The molecule has 0 fully saturated rings. The van der Waals surface area contributed by atoms with Crippen LogP contribution in [0.15, 0.2) is 36.4 Å². The lowest BCUT2D eigenvalue weighted by Gasteiger charge is -2.34. The third kappa shape index (κ3) is 3.08. The molecule has 2 aromatic rings. The summed E-state index contributed by atoms with van der Waals surface area (Å²) in [5, 5.41) is 18.9. The molecular formula is C19H21NO4. The van der Waals surface area contributed by atoms with E-state index >= 15 is 0 Å². The topological polar surface area (TPSA) is 70.0 Å². The molecule has 1 aliphatic heterocycles. The van der Waals surface area contributed by atoms with Crippen LogP contribution in [0.5, 0.6) is 11.5 Å². The van der Waals surface area contributed by atoms with E-state index in [2.05, 4.69) is 6.07 Å². The predicted molar refractivity (Wildman–Crippen MR) is 91.6 cm³/mol. The summed E-state index contributed by atoms with van der Waals surface area (Å²) in [5.41, 5.74) is 3.90. The SMILES string of the molecule is Cc1ccc(CC2Oc3ccc(O)cc3N(CCO)C2=O)cc1C. The number of carbonyl (C=O) groups excluding carboxylic acids is 1. The number of carbonyl (C=O) groups is 1. The first kappa shape index (κ1) is 16.3. The lowest BCUT2D eigenvalue weighted by Crippen LogP contribution is -2.48. The van der Waals surface area contributed by atoms with E-state index in [1.54, 1.807) is 6.07 Å². The van der Waals surface area contributed by atoms with Crippen molar-refractivity contribution in [3.8, 4) is 11.5 Å². The molecule has 0 bridgehead atoms. The minimum absolute atomic E-state index is 0.0562. The number of β-amino-alcohol motifs (C(OH)–C–C–N with tert-alkyl or cyclic N) is 1. The molecule has 0 aliphatic carbocycles. The number of ether oxygens (including phenoxy) is 1. The first-order chi connectivity index (χ1) is 11.5. The first-order valence-electron chi connectivity index (χ1n) is 7.97. The van der Waals surface area contributed by atoms with Crippen LogP contribution in [-0.4, -0.2) is 35.4 Å². The van der Waals surface area contributed by atoms with Crippen LogP contribution in [0.3, 0.4) is 0 Å². The number of aryl methyl sites for hydroxylation is 2. The van der Waals surface area contributed by atoms with Gasteiger partial charge in [0.2, 0.25) is 0 Å². The quantitative estimate of drug-likeness (QED) is 0.904. The van der Waals surface area contributed by atoms with Gasteiger partial charge in [-0.3, -0.25) is 4.79 Å². The molecule has 126 valence electrons. The smallest absolute Gasteiger partial charge is 0.268 e. The molecule has 0 saturated heterocycles. The van der Waals surface area contributed by atoms with Crippen molar-refractivity contribution in [2.75, 3.05) is 18.1 Å². The van der Waals surface area contributed by atoms with Crippen LogP contribution in [0.25, 0.3) is 0 Å². The Labute approximate surface area is 141 Å². The standard InChI is InChI=1S/C19H21NO4/c1-12-3-4-14(9-13(12)2)10-18-19(23)20(7-8-21)16-11-15(22)5-6-17(16)24-18/h3-6,9,11,18,21-22H,7-8,10H2,1-2H3. The van der Waals surface area contributed by atoms with Crippen molar-refractivity contribution in [3.05, 3.63) is 53.1 Å². The van der Waals surface area contributed by atoms with Gasteiger partial charge >= 0.3 is 0 Å². The third-order valence-corrected chi connectivity index (χ3v) is 4.36. The Morgan fingerprint density at radius 2 is 1.92 bits per heavy atom. The average Bonchev–Trinajstić information content (AvgIpc) is 2.55. The van der Waals surface area contributed by atoms with Gasteiger partial charge in [0.15, 0.2) is 6.10 Å². The molecule has 0 aromatic heterocycles. The molecule has 5 heteroatoms. The van der Waals surface area contributed by atoms with Crippen LogP contribution in [0.4, 0.5) is 5.69 Å². The highest BCUT2D eigenvalue weighted by molar-refractivity contribution is 6.00. The Bertz CT molecular complexity index is 772. The summed E-state index contributed by atoms with van der Waals surface area (Å²) in [6, 6.07) is 10.8. The maximum Gasteiger partial charge on any atom is 0.268 e. The first-order valence-corrected chi connectivity index (χ1v) is 7.97. The molecule has 24 heavy (non-hydrogen) atoms. The normalized spacial score (nSPS) is 16.7. The number of phenolic OH excluding ortho intramolecular Hbond substituents is 1. The Balaban J connectivity index is 1.90. The fourth-order valence-corrected chi connectivity index (χ4v) is 2.92. The van der Waals surface area contributed by atoms with Gasteiger partial charge in [0.1, 0.15) is 11.5 Å². The molecule has 1 atom stereocenters. The molecule has 1 aliphatic rings. The summed E-state index contributed by atoms with van der Waals surface area (Å²) in [4.78, 5) is 14.2. The largest absolute Gasteiger partial charge is 0.508 e. The highest BCUT2D eigenvalue weighted by Gasteiger charge is 2.34. The summed E-state index contributed by atoms with van der Waals surface area (Å²) in [5.74, 6) is 0.385. The molecule has 0 radical (unpaired) electrons. The zero-order valence-corrected chi connectivity index (χ0v) is 13.8. The van der Waals surface area contributed by atoms with E-state index < -0.39 is 6.10 Å². The number of aliphatic hydroxyl groups is 1. The number of phenols is 1. The highest BCUT2D eigenvalue weighted by atomic mass is 16.5. The van der Waals surface area contributed by atoms with Gasteiger partial charge in [0.25, 0.3) is 5.91 Å². The van der Waals surface area contributed by atoms with Gasteiger partial charge in [0.05, 0.1) is 12.3 Å². The van der Waals surface area contributed by atoms with Crippen molar-refractivity contribution >= 4 is 11.6 Å². The number of amides is 1. The summed E-state index contributed by atoms with van der Waals surface area (Å²) in [6.45, 7) is 4.10. The maximum atomic E-state index is 12.8. The molecule has 1 amide bonds. The average molecular weight is 327 g/mol. The number of nitrogens with zero attached hydrogens (tertiary/aromatic N) is 1. The van der Waals surface area contributed by atoms with Gasteiger partial charge in [-0.25, -0.2) is 0 Å². The van der Waals surface area contributed by atoms with E-state index in [9.17, 15) is 15.0 Å². The Hall–Kier alpha value is -2.53. The van der Waals surface area contributed by atoms with Gasteiger partial charge in [-0.15, -0.1) is 0 Å². The van der Waals surface area contributed by atoms with E-state index in [4.69, 9.17) is 4.74 Å². The predicted octanol–water partition coefficient (Wildman–Crippen LogP) is 2.34. The van der Waals surface area contributed by atoms with Gasteiger partial charge < -0.3 is 19.8 Å². The second kappa shape index (κ2) is 6.53. The van der Waals surface area contributed by atoms with Crippen LogP contribution in [0.2, 0.25) is 0 Å². The molecule has 1 unspecified atom stereocenters. The zero-order chi connectivity index (χ0) is 17.3. The number of rotatable bonds is 4. The Morgan fingerprint density at radius 1 is 1.12 bits per heavy atom. The second-order valence-corrected chi connectivity index (χ2v) is 6.09. The van der Waals surface area contributed by atoms with Crippen LogP contribution < -0.4 is 9.64 Å². The lowest BCUT2D eigenvalue weighted by molar-refractivity contribution is -0.126. The van der Waals surface area contributed by atoms with Gasteiger partial charge in [-0.05, 0) is 42.7 Å². The van der Waals surface area contributed by atoms with E-state index in [1.807, 2.05) is 26.0 Å². The number of fused-ring (bicyclic) bond motifs is 1. The maximum absolute atomic E-state index is 12.8. The highest BCUT2D eigenvalue weighted by Crippen LogP contribution is 2.37. The second-order valence-electron chi connectivity index (χ2n) is 6.09. The number of hydrogen-bond acceptors (Lipinski definition) is 4. The summed E-state index contributed by atoms with van der Waals surface area (Å²) < 4.78 is 5.87. The fourth-order valence-electron chi connectivity index (χ4n) is 2.92. The molecule has 2 aromatic carbocycles. The summed E-state index contributed by atoms with van der Waals surface area (Å²) in [7, 11) is 0. The molecule has 0 saturated carbocycles. The molecular weight excluding hydrogens is 306 g/mol. The van der Waals surface area contributed by atoms with Crippen LogP contribution >= 0.6 is 0 Å². The van der Waals surface area contributed by atoms with Gasteiger partial charge in [0, 0.05) is 19.0 Å². The van der Waals surface area contributed by atoms with Crippen LogP contribution in [-0.2, 0) is 11.2 Å². The summed E-state index contributed by atoms with van der Waals surface area (Å²) >= 11 is 0. The van der Waals surface area contributed by atoms with Crippen molar-refractivity contribution in [1.82, 2.24) is 0 Å². The molecule has 5 nitrogen and oxygen atoms in total. The summed E-state index contributed by atoms with van der Waals surface area (Å²) in [6.07, 6.45) is -0.182. The van der Waals surface area contributed by atoms with Crippen molar-refractivity contribution in [1.29, 1.82) is 0 Å². The van der Waals surface area contributed by atoms with Crippen LogP contribution in [0.1, 0.15) is 16.7 Å². The number of hydrogen-bond donors (Lipinski definition) is 2. The van der Waals surface area contributed by atoms with Gasteiger partial charge in [-0.2, -0.15) is 0 Å². The zero-order valence-electron chi connectivity index (χ0n) is 13.8.